The highest BCUT2D eigenvalue weighted by atomic mass is 32.2. The van der Waals surface area contributed by atoms with Gasteiger partial charge in [-0.05, 0) is 6.42 Å². The van der Waals surface area contributed by atoms with Gasteiger partial charge in [0.25, 0.3) is 0 Å². The number of carbonyl (C=O) groups is 1. The Hall–Kier alpha value is -1.03. The first kappa shape index (κ1) is 17.0. The van der Waals surface area contributed by atoms with Gasteiger partial charge in [0.05, 0.1) is 5.75 Å². The van der Waals surface area contributed by atoms with Crippen LogP contribution < -0.4 is 0 Å². The molecule has 0 aromatic rings. The summed E-state index contributed by atoms with van der Waals surface area (Å²) in [6.45, 7) is 0.300. The first-order valence-electron chi connectivity index (χ1n) is 6.12. The number of alkyl halides is 3. The van der Waals surface area contributed by atoms with Crippen molar-refractivity contribution in [3.8, 4) is 0 Å². The molecule has 20 heavy (non-hydrogen) atoms. The van der Waals surface area contributed by atoms with Gasteiger partial charge in [0.15, 0.2) is 6.61 Å². The number of piperazine rings is 1. The number of sulfonamides is 1. The molecule has 118 valence electrons. The fourth-order valence-electron chi connectivity index (χ4n) is 1.77. The van der Waals surface area contributed by atoms with E-state index in [1.807, 2.05) is 0 Å². The highest BCUT2D eigenvalue weighted by Gasteiger charge is 2.33. The lowest BCUT2D eigenvalue weighted by Crippen LogP contribution is -2.51. The molecular weight excluding hydrogens is 301 g/mol. The van der Waals surface area contributed by atoms with Gasteiger partial charge >= 0.3 is 12.3 Å². The molecule has 1 saturated heterocycles. The van der Waals surface area contributed by atoms with Crippen molar-refractivity contribution in [2.45, 2.75) is 19.5 Å². The van der Waals surface area contributed by atoms with E-state index >= 15 is 0 Å². The van der Waals surface area contributed by atoms with Crippen molar-refractivity contribution in [1.82, 2.24) is 9.21 Å². The number of hydrogen-bond donors (Lipinski definition) is 0. The molecule has 0 radical (unpaired) electrons. The van der Waals surface area contributed by atoms with Gasteiger partial charge in [-0.3, -0.25) is 0 Å². The van der Waals surface area contributed by atoms with Crippen LogP contribution in [-0.2, 0) is 14.8 Å². The summed E-state index contributed by atoms with van der Waals surface area (Å²) in [6, 6.07) is 0. The summed E-state index contributed by atoms with van der Waals surface area (Å²) in [4.78, 5) is 12.4. The van der Waals surface area contributed by atoms with Crippen LogP contribution in [0.4, 0.5) is 18.0 Å². The lowest BCUT2D eigenvalue weighted by atomic mass is 10.4. The first-order chi connectivity index (χ1) is 9.15. The second kappa shape index (κ2) is 6.61. The number of hydrogen-bond acceptors (Lipinski definition) is 4. The summed E-state index contributed by atoms with van der Waals surface area (Å²) < 4.78 is 64.6. The van der Waals surface area contributed by atoms with Crippen molar-refractivity contribution >= 4 is 16.1 Å². The highest BCUT2D eigenvalue weighted by Crippen LogP contribution is 2.16. The zero-order chi connectivity index (χ0) is 15.4. The number of nitrogens with zero attached hydrogens (tertiary/aromatic N) is 2. The number of halogens is 3. The predicted molar refractivity (Wildman–Crippen MR) is 64.6 cm³/mol. The lowest BCUT2D eigenvalue weighted by molar-refractivity contribution is -0.162. The second-order valence-corrected chi connectivity index (χ2v) is 6.46. The van der Waals surface area contributed by atoms with Crippen LogP contribution in [0.15, 0.2) is 0 Å². The van der Waals surface area contributed by atoms with Crippen LogP contribution in [0.3, 0.4) is 0 Å². The third kappa shape index (κ3) is 5.16. The molecule has 0 N–H and O–H groups in total. The van der Waals surface area contributed by atoms with E-state index in [4.69, 9.17) is 0 Å². The molecule has 10 heteroatoms. The summed E-state index contributed by atoms with van der Waals surface area (Å²) in [7, 11) is -3.34. The van der Waals surface area contributed by atoms with E-state index in [9.17, 15) is 26.4 Å². The fourth-order valence-corrected chi connectivity index (χ4v) is 3.26. The molecule has 0 unspecified atom stereocenters. The molecular formula is C10H17F3N2O4S. The monoisotopic (exact) mass is 318 g/mol. The highest BCUT2D eigenvalue weighted by molar-refractivity contribution is 7.89. The standard InChI is InChI=1S/C10H17F3N2O4S/c1-2-7-20(17,18)15-5-3-14(4-6-15)9(16)19-8-10(11,12)13/h2-8H2,1H3. The molecule has 1 amide bonds. The van der Waals surface area contributed by atoms with E-state index in [-0.39, 0.29) is 31.9 Å². The predicted octanol–water partition coefficient (Wildman–Crippen LogP) is 1.04. The minimum absolute atomic E-state index is 0.0194. The van der Waals surface area contributed by atoms with Gasteiger partial charge < -0.3 is 9.64 Å². The van der Waals surface area contributed by atoms with Gasteiger partial charge in [0, 0.05) is 26.2 Å². The largest absolute Gasteiger partial charge is 0.440 e. The summed E-state index contributed by atoms with van der Waals surface area (Å²) >= 11 is 0. The molecule has 1 heterocycles. The maximum atomic E-state index is 11.9. The Balaban J connectivity index is 2.44. The van der Waals surface area contributed by atoms with Gasteiger partial charge in [-0.15, -0.1) is 0 Å². The molecule has 0 aliphatic carbocycles. The van der Waals surface area contributed by atoms with Crippen LogP contribution in [0.5, 0.6) is 0 Å². The molecule has 1 fully saturated rings. The van der Waals surface area contributed by atoms with E-state index in [0.717, 1.165) is 4.90 Å². The maximum absolute atomic E-state index is 11.9. The third-order valence-corrected chi connectivity index (χ3v) is 4.79. The lowest BCUT2D eigenvalue weighted by Gasteiger charge is -2.33. The number of ether oxygens (including phenoxy) is 1. The molecule has 0 aromatic heterocycles. The van der Waals surface area contributed by atoms with Gasteiger partial charge in [-0.25, -0.2) is 13.2 Å². The maximum Gasteiger partial charge on any atom is 0.422 e. The van der Waals surface area contributed by atoms with E-state index in [1.165, 1.54) is 4.31 Å². The number of rotatable bonds is 4. The van der Waals surface area contributed by atoms with Crippen molar-refractivity contribution in [3.63, 3.8) is 0 Å². The third-order valence-electron chi connectivity index (χ3n) is 2.71. The summed E-state index contributed by atoms with van der Waals surface area (Å²) in [6.07, 6.45) is -5.16. The Morgan fingerprint density at radius 1 is 1.20 bits per heavy atom. The molecule has 0 atom stereocenters. The topological polar surface area (TPSA) is 66.9 Å². The van der Waals surface area contributed by atoms with Crippen LogP contribution >= 0.6 is 0 Å². The number of amides is 1. The summed E-state index contributed by atoms with van der Waals surface area (Å²) in [5.74, 6) is 0.0194. The SMILES string of the molecule is CCCS(=O)(=O)N1CCN(C(=O)OCC(F)(F)F)CC1. The van der Waals surface area contributed by atoms with Gasteiger partial charge in [0.2, 0.25) is 10.0 Å². The van der Waals surface area contributed by atoms with E-state index < -0.39 is 28.9 Å². The minimum Gasteiger partial charge on any atom is -0.440 e. The quantitative estimate of drug-likeness (QED) is 0.777. The van der Waals surface area contributed by atoms with Gasteiger partial charge in [-0.1, -0.05) is 6.92 Å². The summed E-state index contributed by atoms with van der Waals surface area (Å²) in [5, 5.41) is 0. The second-order valence-electron chi connectivity index (χ2n) is 4.37. The number of carbonyl (C=O) groups excluding carboxylic acids is 1. The molecule has 1 rings (SSSR count). The van der Waals surface area contributed by atoms with Crippen LogP contribution in [0.2, 0.25) is 0 Å². The minimum atomic E-state index is -4.57. The van der Waals surface area contributed by atoms with Crippen molar-refractivity contribution in [2.24, 2.45) is 0 Å². The average Bonchev–Trinajstić information content (AvgIpc) is 2.35. The Morgan fingerprint density at radius 3 is 2.20 bits per heavy atom. The Kier molecular flexibility index (Phi) is 5.63. The van der Waals surface area contributed by atoms with Crippen LogP contribution in [-0.4, -0.2) is 68.4 Å². The molecule has 0 bridgehead atoms. The zero-order valence-corrected chi connectivity index (χ0v) is 11.8. The Bertz CT molecular complexity index is 430. The Labute approximate surface area is 115 Å². The van der Waals surface area contributed by atoms with E-state index in [1.54, 1.807) is 6.92 Å². The van der Waals surface area contributed by atoms with Crippen molar-refractivity contribution in [1.29, 1.82) is 0 Å². The molecule has 1 aliphatic rings. The molecule has 0 spiro atoms. The Morgan fingerprint density at radius 2 is 1.75 bits per heavy atom. The molecule has 0 aromatic carbocycles. The summed E-state index contributed by atoms with van der Waals surface area (Å²) in [5.41, 5.74) is 0. The van der Waals surface area contributed by atoms with Gasteiger partial charge in [0.1, 0.15) is 0 Å². The average molecular weight is 318 g/mol. The van der Waals surface area contributed by atoms with Crippen LogP contribution in [0, 0.1) is 0 Å². The molecule has 6 nitrogen and oxygen atoms in total. The van der Waals surface area contributed by atoms with Crippen molar-refractivity contribution in [2.75, 3.05) is 38.5 Å². The smallest absolute Gasteiger partial charge is 0.422 e. The van der Waals surface area contributed by atoms with Crippen LogP contribution in [0.1, 0.15) is 13.3 Å². The first-order valence-corrected chi connectivity index (χ1v) is 7.73. The zero-order valence-electron chi connectivity index (χ0n) is 11.0. The fraction of sp³-hybridized carbons (Fsp3) is 0.900. The van der Waals surface area contributed by atoms with Crippen molar-refractivity contribution < 1.29 is 31.1 Å². The normalized spacial score (nSPS) is 18.1. The van der Waals surface area contributed by atoms with Crippen LogP contribution in [0.25, 0.3) is 0 Å². The van der Waals surface area contributed by atoms with E-state index in [0.29, 0.717) is 6.42 Å². The molecule has 0 saturated carbocycles. The van der Waals surface area contributed by atoms with E-state index in [2.05, 4.69) is 4.74 Å². The molecule has 1 aliphatic heterocycles. The van der Waals surface area contributed by atoms with Gasteiger partial charge in [-0.2, -0.15) is 17.5 Å². The van der Waals surface area contributed by atoms with Crippen molar-refractivity contribution in [3.05, 3.63) is 0 Å².